The summed E-state index contributed by atoms with van der Waals surface area (Å²) in [6.07, 6.45) is 0. The van der Waals surface area contributed by atoms with E-state index in [0.29, 0.717) is 16.7 Å². The van der Waals surface area contributed by atoms with E-state index in [1.807, 2.05) is 19.1 Å². The molecule has 0 radical (unpaired) electrons. The van der Waals surface area contributed by atoms with Crippen molar-refractivity contribution in [3.63, 3.8) is 0 Å². The fourth-order valence-corrected chi connectivity index (χ4v) is 2.03. The van der Waals surface area contributed by atoms with Gasteiger partial charge in [-0.15, -0.1) is 0 Å². The Hall–Kier alpha value is -2.49. The lowest BCUT2D eigenvalue weighted by atomic mass is 9.98. The molecule has 0 spiro atoms. The maximum absolute atomic E-state index is 12.3. The summed E-state index contributed by atoms with van der Waals surface area (Å²) in [4.78, 5) is 22.5. The van der Waals surface area contributed by atoms with Crippen molar-refractivity contribution in [2.24, 2.45) is 0 Å². The van der Waals surface area contributed by atoms with E-state index in [-0.39, 0.29) is 17.3 Å². The lowest BCUT2D eigenvalue weighted by Gasteiger charge is -2.06. The molecule has 0 saturated heterocycles. The number of hydrogen-bond donors (Lipinski definition) is 0. The van der Waals surface area contributed by atoms with Gasteiger partial charge in [-0.2, -0.15) is 0 Å². The third-order valence-corrected chi connectivity index (χ3v) is 3.22. The zero-order chi connectivity index (χ0) is 14.7. The van der Waals surface area contributed by atoms with E-state index in [2.05, 4.69) is 0 Å². The van der Waals surface area contributed by atoms with Crippen LogP contribution in [0, 0.1) is 24.0 Å². The van der Waals surface area contributed by atoms with Crippen LogP contribution < -0.4 is 0 Å². The number of nitro groups is 1. The Bertz CT molecular complexity index is 660. The first-order chi connectivity index (χ1) is 9.47. The third-order valence-electron chi connectivity index (χ3n) is 3.22. The van der Waals surface area contributed by atoms with Crippen LogP contribution in [0.1, 0.15) is 32.6 Å². The molecule has 0 fully saturated rings. The monoisotopic (exact) mass is 269 g/mol. The summed E-state index contributed by atoms with van der Waals surface area (Å²) in [5, 5.41) is 10.5. The van der Waals surface area contributed by atoms with Gasteiger partial charge in [-0.25, -0.2) is 0 Å². The molecule has 0 aliphatic heterocycles. The highest BCUT2D eigenvalue weighted by atomic mass is 16.6. The first-order valence-electron chi connectivity index (χ1n) is 6.30. The summed E-state index contributed by atoms with van der Waals surface area (Å²) in [5.41, 5.74) is 3.67. The maximum atomic E-state index is 12.3. The van der Waals surface area contributed by atoms with E-state index in [1.54, 1.807) is 37.3 Å². The molecule has 0 aromatic heterocycles. The molecule has 0 heterocycles. The Morgan fingerprint density at radius 2 is 1.65 bits per heavy atom. The van der Waals surface area contributed by atoms with E-state index in [4.69, 9.17) is 0 Å². The summed E-state index contributed by atoms with van der Waals surface area (Å²) in [5.74, 6) is -0.0687. The summed E-state index contributed by atoms with van der Waals surface area (Å²) >= 11 is 0. The van der Waals surface area contributed by atoms with Crippen LogP contribution >= 0.6 is 0 Å². The number of ketones is 1. The third kappa shape index (κ3) is 3.09. The molecule has 2 aromatic carbocycles. The molecule has 20 heavy (non-hydrogen) atoms. The molecule has 0 unspecified atom stereocenters. The number of hydrogen-bond acceptors (Lipinski definition) is 3. The molecule has 4 heteroatoms. The minimum Gasteiger partial charge on any atom is -0.289 e. The quantitative estimate of drug-likeness (QED) is 0.486. The predicted molar refractivity (Wildman–Crippen MR) is 76.5 cm³/mol. The molecule has 0 atom stereocenters. The van der Waals surface area contributed by atoms with Crippen molar-refractivity contribution in [3.8, 4) is 0 Å². The van der Waals surface area contributed by atoms with Gasteiger partial charge in [0.15, 0.2) is 5.78 Å². The van der Waals surface area contributed by atoms with Crippen LogP contribution in [0.2, 0.25) is 0 Å². The normalized spacial score (nSPS) is 10.3. The van der Waals surface area contributed by atoms with Gasteiger partial charge in [-0.05, 0) is 25.5 Å². The summed E-state index contributed by atoms with van der Waals surface area (Å²) in [6, 6.07) is 12.4. The van der Waals surface area contributed by atoms with Gasteiger partial charge in [0.05, 0.1) is 0 Å². The van der Waals surface area contributed by atoms with Gasteiger partial charge in [0, 0.05) is 21.6 Å². The van der Waals surface area contributed by atoms with Gasteiger partial charge in [0.25, 0.3) is 0 Å². The van der Waals surface area contributed by atoms with Gasteiger partial charge in [-0.1, -0.05) is 42.0 Å². The van der Waals surface area contributed by atoms with Crippen LogP contribution in [-0.2, 0) is 6.54 Å². The van der Waals surface area contributed by atoms with Crippen molar-refractivity contribution in [2.75, 3.05) is 0 Å². The van der Waals surface area contributed by atoms with Crippen molar-refractivity contribution in [1.29, 1.82) is 0 Å². The Morgan fingerprint density at radius 3 is 2.20 bits per heavy atom. The zero-order valence-electron chi connectivity index (χ0n) is 11.4. The van der Waals surface area contributed by atoms with Crippen molar-refractivity contribution in [1.82, 2.24) is 0 Å². The minimum atomic E-state index is -0.371. The molecular formula is C16H15NO3. The second-order valence-electron chi connectivity index (χ2n) is 4.83. The van der Waals surface area contributed by atoms with Crippen LogP contribution in [0.25, 0.3) is 0 Å². The number of carbonyl (C=O) groups excluding carboxylic acids is 1. The smallest absolute Gasteiger partial charge is 0.229 e. The number of nitrogens with zero attached hydrogens (tertiary/aromatic N) is 1. The van der Waals surface area contributed by atoms with E-state index in [9.17, 15) is 14.9 Å². The fourth-order valence-electron chi connectivity index (χ4n) is 2.03. The molecule has 0 aliphatic carbocycles. The van der Waals surface area contributed by atoms with Crippen molar-refractivity contribution < 1.29 is 9.72 Å². The second-order valence-corrected chi connectivity index (χ2v) is 4.83. The van der Waals surface area contributed by atoms with Crippen molar-refractivity contribution in [2.45, 2.75) is 20.4 Å². The topological polar surface area (TPSA) is 60.2 Å². The number of aryl methyl sites for hydroxylation is 2. The van der Waals surface area contributed by atoms with E-state index in [1.165, 1.54) is 0 Å². The Balaban J connectivity index is 2.29. The number of carbonyl (C=O) groups is 1. The van der Waals surface area contributed by atoms with Crippen molar-refractivity contribution >= 4 is 5.78 Å². The molecule has 2 rings (SSSR count). The highest BCUT2D eigenvalue weighted by molar-refractivity contribution is 6.09. The zero-order valence-corrected chi connectivity index (χ0v) is 11.4. The van der Waals surface area contributed by atoms with Gasteiger partial charge in [0.2, 0.25) is 6.54 Å². The van der Waals surface area contributed by atoms with E-state index in [0.717, 1.165) is 11.1 Å². The lowest BCUT2D eigenvalue weighted by molar-refractivity contribution is -0.496. The summed E-state index contributed by atoms with van der Waals surface area (Å²) in [7, 11) is 0. The SMILES string of the molecule is Cc1ccc(C(=O)c2ccc(C[N+](=O)[O-])c(C)c2)cc1. The average Bonchev–Trinajstić information content (AvgIpc) is 2.41. The standard InChI is InChI=1S/C16H15NO3/c1-11-3-5-13(6-4-11)16(18)14-7-8-15(10-17(19)20)12(2)9-14/h3-9H,10H2,1-2H3. The highest BCUT2D eigenvalue weighted by Crippen LogP contribution is 2.16. The molecule has 0 saturated carbocycles. The lowest BCUT2D eigenvalue weighted by Crippen LogP contribution is -2.05. The van der Waals surface area contributed by atoms with E-state index >= 15 is 0 Å². The molecular weight excluding hydrogens is 254 g/mol. The highest BCUT2D eigenvalue weighted by Gasteiger charge is 2.12. The summed E-state index contributed by atoms with van der Waals surface area (Å²) < 4.78 is 0. The minimum absolute atomic E-state index is 0.0687. The Kier molecular flexibility index (Phi) is 3.94. The van der Waals surface area contributed by atoms with Crippen LogP contribution in [0.4, 0.5) is 0 Å². The Labute approximate surface area is 117 Å². The van der Waals surface area contributed by atoms with Crippen LogP contribution in [0.5, 0.6) is 0 Å². The fraction of sp³-hybridized carbons (Fsp3) is 0.188. The maximum Gasteiger partial charge on any atom is 0.229 e. The van der Waals surface area contributed by atoms with Gasteiger partial charge >= 0.3 is 0 Å². The molecule has 4 nitrogen and oxygen atoms in total. The molecule has 0 bridgehead atoms. The van der Waals surface area contributed by atoms with Crippen molar-refractivity contribution in [3.05, 3.63) is 80.4 Å². The number of benzene rings is 2. The van der Waals surface area contributed by atoms with Crippen LogP contribution in [0.15, 0.2) is 42.5 Å². The van der Waals surface area contributed by atoms with E-state index < -0.39 is 0 Å². The molecule has 2 aromatic rings. The first-order valence-corrected chi connectivity index (χ1v) is 6.30. The van der Waals surface area contributed by atoms with Crippen LogP contribution in [-0.4, -0.2) is 10.7 Å². The number of rotatable bonds is 4. The van der Waals surface area contributed by atoms with Crippen LogP contribution in [0.3, 0.4) is 0 Å². The summed E-state index contributed by atoms with van der Waals surface area (Å²) in [6.45, 7) is 3.53. The van der Waals surface area contributed by atoms with Gasteiger partial charge < -0.3 is 0 Å². The molecule has 102 valence electrons. The van der Waals surface area contributed by atoms with Gasteiger partial charge in [-0.3, -0.25) is 14.9 Å². The first kappa shape index (κ1) is 13.9. The van der Waals surface area contributed by atoms with Gasteiger partial charge in [0.1, 0.15) is 0 Å². The predicted octanol–water partition coefficient (Wildman–Crippen LogP) is 3.31. The average molecular weight is 269 g/mol. The second kappa shape index (κ2) is 5.65. The largest absolute Gasteiger partial charge is 0.289 e. The molecule has 0 aliphatic rings. The Morgan fingerprint density at radius 1 is 1.05 bits per heavy atom. The molecule has 0 N–H and O–H groups in total. The molecule has 0 amide bonds.